The second kappa shape index (κ2) is 6.47. The Labute approximate surface area is 138 Å². The average molecular weight is 355 g/mol. The number of halogens is 3. The molecule has 0 bridgehead atoms. The highest BCUT2D eigenvalue weighted by molar-refractivity contribution is 7.22. The molecule has 0 atom stereocenters. The highest BCUT2D eigenvalue weighted by atomic mass is 35.5. The van der Waals surface area contributed by atoms with Gasteiger partial charge in [0.25, 0.3) is 5.91 Å². The summed E-state index contributed by atoms with van der Waals surface area (Å²) in [4.78, 5) is 15.7. The third kappa shape index (κ3) is 3.75. The molecule has 0 aliphatic carbocycles. The summed E-state index contributed by atoms with van der Waals surface area (Å²) in [6.07, 6.45) is 0. The molecule has 1 heterocycles. The summed E-state index contributed by atoms with van der Waals surface area (Å²) in [6, 6.07) is 8.45. The van der Waals surface area contributed by atoms with Crippen molar-refractivity contribution in [3.63, 3.8) is 0 Å². The summed E-state index contributed by atoms with van der Waals surface area (Å²) < 4.78 is 32.3. The average Bonchev–Trinajstić information content (AvgIpc) is 2.89. The van der Waals surface area contributed by atoms with Crippen LogP contribution in [-0.4, -0.2) is 17.5 Å². The van der Waals surface area contributed by atoms with E-state index in [4.69, 9.17) is 16.3 Å². The van der Waals surface area contributed by atoms with Gasteiger partial charge in [0.05, 0.1) is 4.70 Å². The van der Waals surface area contributed by atoms with Crippen molar-refractivity contribution in [3.05, 3.63) is 53.1 Å². The van der Waals surface area contributed by atoms with Gasteiger partial charge >= 0.3 is 0 Å². The predicted octanol–water partition coefficient (Wildman–Crippen LogP) is 4.25. The lowest BCUT2D eigenvalue weighted by Crippen LogP contribution is -2.19. The van der Waals surface area contributed by atoms with E-state index in [1.54, 1.807) is 24.3 Å². The van der Waals surface area contributed by atoms with E-state index in [9.17, 15) is 13.6 Å². The van der Waals surface area contributed by atoms with Crippen molar-refractivity contribution in [1.29, 1.82) is 0 Å². The van der Waals surface area contributed by atoms with Crippen LogP contribution in [0.1, 0.15) is 0 Å². The van der Waals surface area contributed by atoms with E-state index in [2.05, 4.69) is 10.3 Å². The van der Waals surface area contributed by atoms with Gasteiger partial charge in [-0.05, 0) is 30.3 Å². The molecule has 0 unspecified atom stereocenters. The van der Waals surface area contributed by atoms with E-state index in [-0.39, 0.29) is 17.3 Å². The van der Waals surface area contributed by atoms with Gasteiger partial charge in [-0.15, -0.1) is 0 Å². The molecule has 118 valence electrons. The quantitative estimate of drug-likeness (QED) is 0.762. The predicted molar refractivity (Wildman–Crippen MR) is 85.1 cm³/mol. The molecule has 0 aliphatic heterocycles. The van der Waals surface area contributed by atoms with Gasteiger partial charge < -0.3 is 4.74 Å². The lowest BCUT2D eigenvalue weighted by molar-refractivity contribution is -0.118. The maximum absolute atomic E-state index is 13.6. The van der Waals surface area contributed by atoms with Crippen LogP contribution in [0.2, 0.25) is 5.02 Å². The van der Waals surface area contributed by atoms with Crippen molar-refractivity contribution >= 4 is 44.2 Å². The number of hydrogen-bond acceptors (Lipinski definition) is 4. The van der Waals surface area contributed by atoms with E-state index in [0.717, 1.165) is 23.5 Å². The molecule has 0 spiro atoms. The zero-order chi connectivity index (χ0) is 16.4. The highest BCUT2D eigenvalue weighted by Crippen LogP contribution is 2.28. The second-order valence-electron chi connectivity index (χ2n) is 4.54. The number of rotatable bonds is 4. The van der Waals surface area contributed by atoms with Gasteiger partial charge in [-0.3, -0.25) is 10.1 Å². The molecule has 8 heteroatoms. The van der Waals surface area contributed by atoms with Gasteiger partial charge in [0, 0.05) is 11.1 Å². The third-order valence-electron chi connectivity index (χ3n) is 2.84. The SMILES string of the molecule is O=C(COc1ccc(Cl)cc1)Nc1nc2c(F)cc(F)cc2s1. The molecular weight excluding hydrogens is 346 g/mol. The molecule has 23 heavy (non-hydrogen) atoms. The normalized spacial score (nSPS) is 10.7. The summed E-state index contributed by atoms with van der Waals surface area (Å²) >= 11 is 6.73. The summed E-state index contributed by atoms with van der Waals surface area (Å²) in [6.45, 7) is -0.242. The minimum atomic E-state index is -0.769. The van der Waals surface area contributed by atoms with Gasteiger partial charge in [-0.2, -0.15) is 0 Å². The molecule has 3 aromatic rings. The number of amides is 1. The zero-order valence-corrected chi connectivity index (χ0v) is 13.0. The number of fused-ring (bicyclic) bond motifs is 1. The lowest BCUT2D eigenvalue weighted by atomic mass is 10.3. The number of thiazole rings is 1. The summed E-state index contributed by atoms with van der Waals surface area (Å²) in [5, 5.41) is 3.22. The molecule has 0 radical (unpaired) electrons. The summed E-state index contributed by atoms with van der Waals surface area (Å²) in [5.74, 6) is -1.43. The molecule has 3 rings (SSSR count). The maximum atomic E-state index is 13.6. The Bertz CT molecular complexity index is 868. The lowest BCUT2D eigenvalue weighted by Gasteiger charge is -2.05. The number of aromatic nitrogens is 1. The van der Waals surface area contributed by atoms with Crippen molar-refractivity contribution in [2.75, 3.05) is 11.9 Å². The first kappa shape index (κ1) is 15.6. The second-order valence-corrected chi connectivity index (χ2v) is 6.01. The monoisotopic (exact) mass is 354 g/mol. The molecule has 1 aromatic heterocycles. The fraction of sp³-hybridized carbons (Fsp3) is 0.0667. The minimum Gasteiger partial charge on any atom is -0.484 e. The van der Waals surface area contributed by atoms with Gasteiger partial charge in [0.15, 0.2) is 17.6 Å². The standard InChI is InChI=1S/C15H9ClF2N2O2S/c16-8-1-3-10(4-2-8)22-7-13(21)19-15-20-14-11(18)5-9(17)6-12(14)23-15/h1-6H,7H2,(H,19,20,21). The highest BCUT2D eigenvalue weighted by Gasteiger charge is 2.12. The van der Waals surface area contributed by atoms with Crippen molar-refractivity contribution < 1.29 is 18.3 Å². The van der Waals surface area contributed by atoms with Crippen LogP contribution in [0, 0.1) is 11.6 Å². The van der Waals surface area contributed by atoms with Crippen molar-refractivity contribution in [2.24, 2.45) is 0 Å². The van der Waals surface area contributed by atoms with E-state index in [1.807, 2.05) is 0 Å². The van der Waals surface area contributed by atoms with Crippen LogP contribution in [0.5, 0.6) is 5.75 Å². The van der Waals surface area contributed by atoms with Crippen molar-refractivity contribution in [1.82, 2.24) is 4.98 Å². The van der Waals surface area contributed by atoms with Crippen LogP contribution >= 0.6 is 22.9 Å². The van der Waals surface area contributed by atoms with Crippen LogP contribution in [0.4, 0.5) is 13.9 Å². The zero-order valence-electron chi connectivity index (χ0n) is 11.5. The first-order chi connectivity index (χ1) is 11.0. The molecule has 2 aromatic carbocycles. The number of ether oxygens (including phenoxy) is 1. The number of carbonyl (C=O) groups excluding carboxylic acids is 1. The number of anilines is 1. The topological polar surface area (TPSA) is 51.2 Å². The summed E-state index contributed by atoms with van der Waals surface area (Å²) in [5.41, 5.74) is 0.0188. The van der Waals surface area contributed by atoms with E-state index in [0.29, 0.717) is 15.5 Å². The van der Waals surface area contributed by atoms with Crippen LogP contribution in [0.25, 0.3) is 10.2 Å². The Balaban J connectivity index is 1.65. The van der Waals surface area contributed by atoms with E-state index >= 15 is 0 Å². The smallest absolute Gasteiger partial charge is 0.264 e. The van der Waals surface area contributed by atoms with E-state index < -0.39 is 17.5 Å². The third-order valence-corrected chi connectivity index (χ3v) is 4.01. The van der Waals surface area contributed by atoms with Gasteiger partial charge in [-0.25, -0.2) is 13.8 Å². The van der Waals surface area contributed by atoms with Crippen molar-refractivity contribution in [2.45, 2.75) is 0 Å². The number of carbonyl (C=O) groups is 1. The Morgan fingerprint density at radius 3 is 2.74 bits per heavy atom. The first-order valence-corrected chi connectivity index (χ1v) is 7.64. The number of nitrogens with one attached hydrogen (secondary N) is 1. The molecule has 0 aliphatic rings. The van der Waals surface area contributed by atoms with Crippen LogP contribution < -0.4 is 10.1 Å². The molecule has 4 nitrogen and oxygen atoms in total. The van der Waals surface area contributed by atoms with Gasteiger partial charge in [0.1, 0.15) is 17.1 Å². The largest absolute Gasteiger partial charge is 0.484 e. The first-order valence-electron chi connectivity index (χ1n) is 6.45. The molecule has 0 fully saturated rings. The fourth-order valence-corrected chi connectivity index (χ4v) is 2.89. The van der Waals surface area contributed by atoms with Crippen LogP contribution in [0.3, 0.4) is 0 Å². The molecular formula is C15H9ClF2N2O2S. The fourth-order valence-electron chi connectivity index (χ4n) is 1.85. The minimum absolute atomic E-state index is 0.0188. The number of hydrogen-bond donors (Lipinski definition) is 1. The van der Waals surface area contributed by atoms with Crippen LogP contribution in [-0.2, 0) is 4.79 Å². The van der Waals surface area contributed by atoms with Crippen molar-refractivity contribution in [3.8, 4) is 5.75 Å². The van der Waals surface area contributed by atoms with Gasteiger partial charge in [-0.1, -0.05) is 22.9 Å². The molecule has 0 saturated heterocycles. The number of benzene rings is 2. The van der Waals surface area contributed by atoms with E-state index in [1.165, 1.54) is 0 Å². The maximum Gasteiger partial charge on any atom is 0.264 e. The Morgan fingerprint density at radius 1 is 1.26 bits per heavy atom. The van der Waals surface area contributed by atoms with Crippen LogP contribution in [0.15, 0.2) is 36.4 Å². The molecule has 1 N–H and O–H groups in total. The molecule has 1 amide bonds. The van der Waals surface area contributed by atoms with Gasteiger partial charge in [0.2, 0.25) is 0 Å². The Hall–Kier alpha value is -2.25. The molecule has 0 saturated carbocycles. The Morgan fingerprint density at radius 2 is 2.00 bits per heavy atom. The number of nitrogens with zero attached hydrogens (tertiary/aromatic N) is 1. The summed E-state index contributed by atoms with van der Waals surface area (Å²) in [7, 11) is 0. The Kier molecular flexibility index (Phi) is 4.40.